The van der Waals surface area contributed by atoms with Gasteiger partial charge in [-0.15, -0.1) is 0 Å². The van der Waals surface area contributed by atoms with Crippen molar-refractivity contribution in [2.24, 2.45) is 0 Å². The van der Waals surface area contributed by atoms with E-state index in [9.17, 15) is 8.42 Å². The number of hydrogen-bond acceptors (Lipinski definition) is 4. The molecule has 2 N–H and O–H groups in total. The number of rotatable bonds is 4. The molecule has 0 aliphatic carbocycles. The summed E-state index contributed by atoms with van der Waals surface area (Å²) < 4.78 is 27.0. The molecule has 21 heavy (non-hydrogen) atoms. The second-order valence-electron chi connectivity index (χ2n) is 5.32. The van der Waals surface area contributed by atoms with Gasteiger partial charge < -0.3 is 5.73 Å². The van der Waals surface area contributed by atoms with E-state index >= 15 is 0 Å². The quantitative estimate of drug-likeness (QED) is 0.880. The summed E-state index contributed by atoms with van der Waals surface area (Å²) in [6.45, 7) is 0.609. The van der Waals surface area contributed by atoms with E-state index in [0.29, 0.717) is 12.2 Å². The Kier molecular flexibility index (Phi) is 4.01. The van der Waals surface area contributed by atoms with Crippen LogP contribution in [0.5, 0.6) is 0 Å². The lowest BCUT2D eigenvalue weighted by molar-refractivity contribution is 0.397. The van der Waals surface area contributed by atoms with Crippen LogP contribution in [0, 0.1) is 0 Å². The molecular weight excluding hydrogens is 304 g/mol. The summed E-state index contributed by atoms with van der Waals surface area (Å²) in [5.41, 5.74) is 8.17. The van der Waals surface area contributed by atoms with Gasteiger partial charge in [0.15, 0.2) is 0 Å². The fourth-order valence-corrected chi connectivity index (χ4v) is 5.29. The predicted molar refractivity (Wildman–Crippen MR) is 86.5 cm³/mol. The molecule has 1 aromatic heterocycles. The Hall–Kier alpha value is -1.37. The average Bonchev–Trinajstić information content (AvgIpc) is 3.11. The van der Waals surface area contributed by atoms with Gasteiger partial charge in [-0.25, -0.2) is 8.42 Å². The van der Waals surface area contributed by atoms with Crippen LogP contribution in [-0.2, 0) is 15.8 Å². The Morgan fingerprint density at radius 2 is 2.00 bits per heavy atom. The Bertz CT molecular complexity index is 694. The van der Waals surface area contributed by atoms with Gasteiger partial charge in [-0.05, 0) is 52.9 Å². The number of thiophene rings is 1. The van der Waals surface area contributed by atoms with Gasteiger partial charge in [0.1, 0.15) is 0 Å². The summed E-state index contributed by atoms with van der Waals surface area (Å²) in [6, 6.07) is 9.06. The van der Waals surface area contributed by atoms with Crippen molar-refractivity contribution in [1.82, 2.24) is 4.31 Å². The smallest absolute Gasteiger partial charge is 0.218 e. The topological polar surface area (TPSA) is 63.4 Å². The maximum Gasteiger partial charge on any atom is 0.218 e. The summed E-state index contributed by atoms with van der Waals surface area (Å²) in [6.07, 6.45) is 1.82. The first-order valence-electron chi connectivity index (χ1n) is 6.92. The number of benzene rings is 1. The highest BCUT2D eigenvalue weighted by molar-refractivity contribution is 7.88. The highest BCUT2D eigenvalue weighted by Gasteiger charge is 2.35. The van der Waals surface area contributed by atoms with E-state index in [4.69, 9.17) is 5.73 Å². The first kappa shape index (κ1) is 14.6. The van der Waals surface area contributed by atoms with E-state index < -0.39 is 10.0 Å². The Morgan fingerprint density at radius 3 is 2.67 bits per heavy atom. The summed E-state index contributed by atoms with van der Waals surface area (Å²) in [7, 11) is -3.30. The monoisotopic (exact) mass is 322 g/mol. The van der Waals surface area contributed by atoms with E-state index in [1.165, 1.54) is 0 Å². The fourth-order valence-electron chi connectivity index (χ4n) is 2.78. The molecule has 0 spiro atoms. The van der Waals surface area contributed by atoms with Gasteiger partial charge in [0.2, 0.25) is 10.0 Å². The van der Waals surface area contributed by atoms with Crippen LogP contribution in [0.15, 0.2) is 41.1 Å². The minimum atomic E-state index is -3.30. The number of nitrogen functional groups attached to an aromatic ring is 1. The standard InChI is InChI=1S/C15H18N2O2S2/c16-14-5-3-12(4-6-14)11-21(18,19)17-8-1-2-15(17)13-7-9-20-10-13/h3-7,9-10,15H,1-2,8,11,16H2. The van der Waals surface area contributed by atoms with Crippen molar-refractivity contribution < 1.29 is 8.42 Å². The van der Waals surface area contributed by atoms with Crippen LogP contribution in [0.2, 0.25) is 0 Å². The van der Waals surface area contributed by atoms with Gasteiger partial charge in [0.25, 0.3) is 0 Å². The van der Waals surface area contributed by atoms with Crippen molar-refractivity contribution in [3.63, 3.8) is 0 Å². The molecule has 1 saturated heterocycles. The zero-order valence-electron chi connectivity index (χ0n) is 11.6. The predicted octanol–water partition coefficient (Wildman–Crippen LogP) is 3.00. The first-order valence-corrected chi connectivity index (χ1v) is 9.47. The van der Waals surface area contributed by atoms with Crippen LogP contribution in [0.25, 0.3) is 0 Å². The first-order chi connectivity index (χ1) is 10.1. The van der Waals surface area contributed by atoms with Crippen molar-refractivity contribution in [3.05, 3.63) is 52.2 Å². The molecule has 1 atom stereocenters. The van der Waals surface area contributed by atoms with Crippen molar-refractivity contribution >= 4 is 27.0 Å². The van der Waals surface area contributed by atoms with Gasteiger partial charge in [-0.3, -0.25) is 0 Å². The molecule has 2 aromatic rings. The maximum atomic E-state index is 12.7. The van der Waals surface area contributed by atoms with Crippen LogP contribution >= 0.6 is 11.3 Å². The number of nitrogens with two attached hydrogens (primary N) is 1. The molecule has 2 heterocycles. The number of hydrogen-bond donors (Lipinski definition) is 1. The third kappa shape index (κ3) is 3.12. The van der Waals surface area contributed by atoms with Crippen molar-refractivity contribution in [3.8, 4) is 0 Å². The van der Waals surface area contributed by atoms with E-state index in [0.717, 1.165) is 24.0 Å². The SMILES string of the molecule is Nc1ccc(CS(=O)(=O)N2CCCC2c2ccsc2)cc1. The summed E-state index contributed by atoms with van der Waals surface area (Å²) in [5, 5.41) is 4.04. The number of sulfonamides is 1. The van der Waals surface area contributed by atoms with E-state index in [1.54, 1.807) is 39.9 Å². The summed E-state index contributed by atoms with van der Waals surface area (Å²) in [4.78, 5) is 0. The zero-order valence-corrected chi connectivity index (χ0v) is 13.2. The molecule has 3 rings (SSSR count). The van der Waals surface area contributed by atoms with Crippen LogP contribution in [-0.4, -0.2) is 19.3 Å². The molecule has 1 fully saturated rings. The maximum absolute atomic E-state index is 12.7. The van der Waals surface area contributed by atoms with Gasteiger partial charge in [-0.1, -0.05) is 12.1 Å². The van der Waals surface area contributed by atoms with Gasteiger partial charge in [-0.2, -0.15) is 15.6 Å². The highest BCUT2D eigenvalue weighted by atomic mass is 32.2. The van der Waals surface area contributed by atoms with Gasteiger partial charge in [0.05, 0.1) is 11.8 Å². The molecule has 0 saturated carbocycles. The minimum Gasteiger partial charge on any atom is -0.399 e. The van der Waals surface area contributed by atoms with Crippen LogP contribution in [0.1, 0.15) is 30.0 Å². The molecule has 1 aliphatic heterocycles. The second-order valence-corrected chi connectivity index (χ2v) is 8.02. The minimum absolute atomic E-state index is 0.00460. The molecule has 0 bridgehead atoms. The lowest BCUT2D eigenvalue weighted by Gasteiger charge is -2.23. The van der Waals surface area contributed by atoms with E-state index in [1.807, 2.05) is 16.8 Å². The van der Waals surface area contributed by atoms with E-state index in [2.05, 4.69) is 0 Å². The Labute approximate surface area is 129 Å². The molecule has 1 aromatic carbocycles. The van der Waals surface area contributed by atoms with Crippen LogP contribution in [0.3, 0.4) is 0 Å². The molecular formula is C15H18N2O2S2. The lowest BCUT2D eigenvalue weighted by Crippen LogP contribution is -2.31. The summed E-state index contributed by atoms with van der Waals surface area (Å²) >= 11 is 1.61. The third-order valence-corrected chi connectivity index (χ3v) is 6.37. The molecule has 1 aliphatic rings. The van der Waals surface area contributed by atoms with Gasteiger partial charge >= 0.3 is 0 Å². The van der Waals surface area contributed by atoms with E-state index in [-0.39, 0.29) is 11.8 Å². The summed E-state index contributed by atoms with van der Waals surface area (Å²) in [5.74, 6) is 0.0356. The average molecular weight is 322 g/mol. The molecule has 1 unspecified atom stereocenters. The Balaban J connectivity index is 1.82. The molecule has 112 valence electrons. The fraction of sp³-hybridized carbons (Fsp3) is 0.333. The van der Waals surface area contributed by atoms with Crippen molar-refractivity contribution in [2.45, 2.75) is 24.6 Å². The third-order valence-electron chi connectivity index (χ3n) is 3.82. The zero-order chi connectivity index (χ0) is 14.9. The molecule has 6 heteroatoms. The number of anilines is 1. The lowest BCUT2D eigenvalue weighted by atomic mass is 10.1. The second kappa shape index (κ2) is 5.79. The normalized spacial score (nSPS) is 19.9. The van der Waals surface area contributed by atoms with Crippen molar-refractivity contribution in [1.29, 1.82) is 0 Å². The largest absolute Gasteiger partial charge is 0.399 e. The van der Waals surface area contributed by atoms with Gasteiger partial charge in [0, 0.05) is 12.2 Å². The van der Waals surface area contributed by atoms with Crippen LogP contribution < -0.4 is 5.73 Å². The Morgan fingerprint density at radius 1 is 1.24 bits per heavy atom. The highest BCUT2D eigenvalue weighted by Crippen LogP contribution is 2.36. The number of nitrogens with zero attached hydrogens (tertiary/aromatic N) is 1. The molecule has 0 radical (unpaired) electrons. The molecule has 0 amide bonds. The molecule has 4 nitrogen and oxygen atoms in total. The van der Waals surface area contributed by atoms with Crippen molar-refractivity contribution in [2.75, 3.05) is 12.3 Å². The van der Waals surface area contributed by atoms with Crippen LogP contribution in [0.4, 0.5) is 5.69 Å².